The summed E-state index contributed by atoms with van der Waals surface area (Å²) in [5.74, 6) is 1.02. The summed E-state index contributed by atoms with van der Waals surface area (Å²) < 4.78 is 0. The summed E-state index contributed by atoms with van der Waals surface area (Å²) in [5.41, 5.74) is 0.789. The number of amides is 2. The molecule has 2 aliphatic heterocycles. The molecule has 27 heavy (non-hydrogen) atoms. The van der Waals surface area contributed by atoms with Crippen LogP contribution in [0.4, 0.5) is 16.3 Å². The zero-order valence-electron chi connectivity index (χ0n) is 16.4. The molecule has 6 nitrogen and oxygen atoms in total. The molecule has 1 saturated carbocycles. The van der Waals surface area contributed by atoms with Crippen LogP contribution in [0.5, 0.6) is 0 Å². The maximum atomic E-state index is 12.4. The number of anilines is 2. The lowest BCUT2D eigenvalue weighted by Gasteiger charge is -2.38. The average Bonchev–Trinajstić information content (AvgIpc) is 3.11. The van der Waals surface area contributed by atoms with Crippen LogP contribution in [-0.4, -0.2) is 66.1 Å². The van der Waals surface area contributed by atoms with Crippen molar-refractivity contribution in [2.75, 3.05) is 49.5 Å². The molecule has 1 aromatic heterocycles. The summed E-state index contributed by atoms with van der Waals surface area (Å²) in [4.78, 5) is 24.0. The summed E-state index contributed by atoms with van der Waals surface area (Å²) in [6.45, 7) is 6.09. The van der Waals surface area contributed by atoms with Gasteiger partial charge in [-0.2, -0.15) is 0 Å². The smallest absolute Gasteiger partial charge is 0.321 e. The highest BCUT2D eigenvalue weighted by Gasteiger charge is 2.26. The first kappa shape index (κ1) is 18.5. The van der Waals surface area contributed by atoms with Crippen molar-refractivity contribution in [2.24, 2.45) is 0 Å². The third kappa shape index (κ3) is 4.72. The van der Waals surface area contributed by atoms with E-state index < -0.39 is 0 Å². The van der Waals surface area contributed by atoms with E-state index >= 15 is 0 Å². The Morgan fingerprint density at radius 1 is 0.889 bits per heavy atom. The van der Waals surface area contributed by atoms with E-state index in [0.717, 1.165) is 69.7 Å². The molecule has 3 heterocycles. The first-order valence-electron chi connectivity index (χ1n) is 10.8. The normalized spacial score (nSPS) is 22.7. The molecule has 0 bridgehead atoms. The molecule has 6 heteroatoms. The van der Waals surface area contributed by atoms with E-state index in [-0.39, 0.29) is 6.03 Å². The molecule has 1 aromatic rings. The molecule has 1 aliphatic carbocycles. The van der Waals surface area contributed by atoms with E-state index in [0.29, 0.717) is 0 Å². The fraction of sp³-hybridized carbons (Fsp3) is 0.714. The quantitative estimate of drug-likeness (QED) is 0.883. The SMILES string of the molecule is O=C(Nc1ccc(N2CCN(C3CCCC3)CC2)nc1)N1CCCCCC1. The maximum Gasteiger partial charge on any atom is 0.321 e. The number of likely N-dealkylation sites (tertiary alicyclic amines) is 1. The fourth-order valence-corrected chi connectivity index (χ4v) is 4.71. The molecule has 2 saturated heterocycles. The number of aromatic nitrogens is 1. The lowest BCUT2D eigenvalue weighted by Crippen LogP contribution is -2.49. The minimum absolute atomic E-state index is 0.0108. The highest BCUT2D eigenvalue weighted by atomic mass is 16.2. The Labute approximate surface area is 162 Å². The van der Waals surface area contributed by atoms with E-state index in [4.69, 9.17) is 0 Å². The van der Waals surface area contributed by atoms with Gasteiger partial charge in [0, 0.05) is 45.3 Å². The Morgan fingerprint density at radius 2 is 1.59 bits per heavy atom. The summed E-state index contributed by atoms with van der Waals surface area (Å²) >= 11 is 0. The second-order valence-corrected chi connectivity index (χ2v) is 8.20. The van der Waals surface area contributed by atoms with Crippen molar-refractivity contribution in [3.63, 3.8) is 0 Å². The van der Waals surface area contributed by atoms with Crippen molar-refractivity contribution < 1.29 is 4.79 Å². The maximum absolute atomic E-state index is 12.4. The summed E-state index contributed by atoms with van der Waals surface area (Å²) in [6, 6.07) is 4.86. The number of hydrogen-bond donors (Lipinski definition) is 1. The zero-order valence-corrected chi connectivity index (χ0v) is 16.4. The number of nitrogens with zero attached hydrogens (tertiary/aromatic N) is 4. The Hall–Kier alpha value is -1.82. The third-order valence-corrected chi connectivity index (χ3v) is 6.37. The molecule has 0 spiro atoms. The molecule has 0 aromatic carbocycles. The monoisotopic (exact) mass is 371 g/mol. The zero-order chi connectivity index (χ0) is 18.5. The van der Waals surface area contributed by atoms with E-state index in [1.165, 1.54) is 38.5 Å². The molecule has 3 fully saturated rings. The molecule has 0 unspecified atom stereocenters. The van der Waals surface area contributed by atoms with E-state index in [1.54, 1.807) is 6.20 Å². The van der Waals surface area contributed by atoms with Crippen molar-refractivity contribution in [1.29, 1.82) is 0 Å². The van der Waals surface area contributed by atoms with Crippen molar-refractivity contribution >= 4 is 17.5 Å². The van der Waals surface area contributed by atoms with E-state index in [9.17, 15) is 4.79 Å². The molecular formula is C21H33N5O. The average molecular weight is 372 g/mol. The number of carbonyl (C=O) groups is 1. The molecular weight excluding hydrogens is 338 g/mol. The summed E-state index contributed by atoms with van der Waals surface area (Å²) in [5, 5.41) is 3.01. The van der Waals surface area contributed by atoms with Gasteiger partial charge in [-0.05, 0) is 37.8 Å². The van der Waals surface area contributed by atoms with Crippen molar-refractivity contribution in [2.45, 2.75) is 57.4 Å². The second-order valence-electron chi connectivity index (χ2n) is 8.20. The topological polar surface area (TPSA) is 51.7 Å². The van der Waals surface area contributed by atoms with Crippen LogP contribution >= 0.6 is 0 Å². The van der Waals surface area contributed by atoms with Gasteiger partial charge < -0.3 is 15.1 Å². The predicted octanol–water partition coefficient (Wildman–Crippen LogP) is 3.55. The lowest BCUT2D eigenvalue weighted by atomic mass is 10.2. The van der Waals surface area contributed by atoms with Crippen LogP contribution in [0.3, 0.4) is 0 Å². The van der Waals surface area contributed by atoms with Gasteiger partial charge in [0.25, 0.3) is 0 Å². The van der Waals surface area contributed by atoms with Gasteiger partial charge in [0.2, 0.25) is 0 Å². The number of carbonyl (C=O) groups excluding carboxylic acids is 1. The first-order chi connectivity index (χ1) is 13.3. The van der Waals surface area contributed by atoms with Crippen molar-refractivity contribution in [3.8, 4) is 0 Å². The van der Waals surface area contributed by atoms with Gasteiger partial charge in [0.15, 0.2) is 0 Å². The minimum Gasteiger partial charge on any atom is -0.354 e. The number of hydrogen-bond acceptors (Lipinski definition) is 4. The van der Waals surface area contributed by atoms with Crippen LogP contribution in [0.25, 0.3) is 0 Å². The number of piperazine rings is 1. The minimum atomic E-state index is 0.0108. The van der Waals surface area contributed by atoms with Crippen LogP contribution < -0.4 is 10.2 Å². The van der Waals surface area contributed by atoms with Crippen LogP contribution in [0.15, 0.2) is 18.3 Å². The van der Waals surface area contributed by atoms with Gasteiger partial charge in [-0.3, -0.25) is 4.90 Å². The van der Waals surface area contributed by atoms with Crippen LogP contribution in [0, 0.1) is 0 Å². The standard InChI is InChI=1S/C21H33N5O/c27-21(26-11-5-1-2-6-12-26)23-18-9-10-20(22-17-18)25-15-13-24(14-16-25)19-7-3-4-8-19/h9-10,17,19H,1-8,11-16H2,(H,23,27). The first-order valence-corrected chi connectivity index (χ1v) is 10.8. The second kappa shape index (κ2) is 8.91. The Kier molecular flexibility index (Phi) is 6.12. The van der Waals surface area contributed by atoms with Gasteiger partial charge >= 0.3 is 6.03 Å². The summed E-state index contributed by atoms with van der Waals surface area (Å²) in [6.07, 6.45) is 12.0. The van der Waals surface area contributed by atoms with Gasteiger partial charge in [-0.15, -0.1) is 0 Å². The highest BCUT2D eigenvalue weighted by molar-refractivity contribution is 5.89. The van der Waals surface area contributed by atoms with Crippen LogP contribution in [0.1, 0.15) is 51.4 Å². The number of nitrogens with one attached hydrogen (secondary N) is 1. The Balaban J connectivity index is 1.28. The highest BCUT2D eigenvalue weighted by Crippen LogP contribution is 2.25. The van der Waals surface area contributed by atoms with Crippen molar-refractivity contribution in [3.05, 3.63) is 18.3 Å². The summed E-state index contributed by atoms with van der Waals surface area (Å²) in [7, 11) is 0. The fourth-order valence-electron chi connectivity index (χ4n) is 4.71. The van der Waals surface area contributed by atoms with Crippen LogP contribution in [0.2, 0.25) is 0 Å². The molecule has 0 atom stereocenters. The third-order valence-electron chi connectivity index (χ3n) is 6.37. The molecule has 1 N–H and O–H groups in total. The Bertz CT molecular complexity index is 598. The number of rotatable bonds is 3. The predicted molar refractivity (Wildman–Crippen MR) is 109 cm³/mol. The van der Waals surface area contributed by atoms with Gasteiger partial charge in [-0.25, -0.2) is 9.78 Å². The Morgan fingerprint density at radius 3 is 2.22 bits per heavy atom. The van der Waals surface area contributed by atoms with E-state index in [1.807, 2.05) is 17.0 Å². The van der Waals surface area contributed by atoms with Gasteiger partial charge in [0.05, 0.1) is 11.9 Å². The molecule has 148 valence electrons. The molecule has 0 radical (unpaired) electrons. The molecule has 4 rings (SSSR count). The molecule has 3 aliphatic rings. The van der Waals surface area contributed by atoms with Gasteiger partial charge in [-0.1, -0.05) is 25.7 Å². The van der Waals surface area contributed by atoms with Gasteiger partial charge in [0.1, 0.15) is 5.82 Å². The number of pyridine rings is 1. The largest absolute Gasteiger partial charge is 0.354 e. The lowest BCUT2D eigenvalue weighted by molar-refractivity contribution is 0.187. The van der Waals surface area contributed by atoms with Crippen LogP contribution in [-0.2, 0) is 0 Å². The number of urea groups is 1. The molecule has 2 amide bonds. The van der Waals surface area contributed by atoms with E-state index in [2.05, 4.69) is 20.1 Å². The van der Waals surface area contributed by atoms with Crippen molar-refractivity contribution in [1.82, 2.24) is 14.8 Å².